The Morgan fingerprint density at radius 2 is 2.28 bits per heavy atom. The van der Waals surface area contributed by atoms with Crippen LogP contribution in [-0.2, 0) is 13.0 Å². The van der Waals surface area contributed by atoms with Crippen molar-refractivity contribution in [2.24, 2.45) is 5.73 Å². The second-order valence-corrected chi connectivity index (χ2v) is 4.34. The Hall–Kier alpha value is -2.01. The van der Waals surface area contributed by atoms with E-state index in [1.165, 1.54) is 6.07 Å². The molecule has 1 aromatic heterocycles. The number of aromatic nitrogens is 1. The molecule has 92 valence electrons. The second-order valence-electron chi connectivity index (χ2n) is 4.34. The maximum Gasteiger partial charge on any atom is 0.249 e. The summed E-state index contributed by atoms with van der Waals surface area (Å²) in [6, 6.07) is 4.59. The van der Waals surface area contributed by atoms with Crippen molar-refractivity contribution in [3.63, 3.8) is 0 Å². The third-order valence-electron chi connectivity index (χ3n) is 3.24. The number of para-hydroxylation sites is 1. The van der Waals surface area contributed by atoms with Gasteiger partial charge in [0.05, 0.1) is 5.56 Å². The molecule has 0 spiro atoms. The molecule has 3 N–H and O–H groups in total. The molecule has 0 bridgehead atoms. The number of fused-ring (bicyclic) bond motifs is 2. The number of nitrogens with two attached hydrogens (primary N) is 1. The number of rotatable bonds is 1. The number of amides is 1. The normalized spacial score (nSPS) is 14.5. The number of benzene rings is 1. The van der Waals surface area contributed by atoms with E-state index in [1.54, 1.807) is 12.1 Å². The number of primary amides is 1. The lowest BCUT2D eigenvalue weighted by atomic mass is 9.96. The number of pyridine rings is 1. The van der Waals surface area contributed by atoms with Crippen LogP contribution in [-0.4, -0.2) is 17.4 Å². The van der Waals surface area contributed by atoms with Crippen LogP contribution in [0.25, 0.3) is 10.9 Å². The van der Waals surface area contributed by atoms with Gasteiger partial charge in [-0.15, -0.1) is 0 Å². The summed E-state index contributed by atoms with van der Waals surface area (Å²) in [6.07, 6.45) is 0.680. The first-order valence-electron chi connectivity index (χ1n) is 5.79. The van der Waals surface area contributed by atoms with Crippen molar-refractivity contribution in [2.45, 2.75) is 13.0 Å². The molecular weight excluding hydrogens is 233 g/mol. The number of carbonyl (C=O) groups is 1. The van der Waals surface area contributed by atoms with E-state index in [-0.39, 0.29) is 5.52 Å². The highest BCUT2D eigenvalue weighted by molar-refractivity contribution is 6.07. The van der Waals surface area contributed by atoms with Crippen LogP contribution in [0.15, 0.2) is 18.2 Å². The highest BCUT2D eigenvalue weighted by Crippen LogP contribution is 2.26. The molecule has 2 heterocycles. The van der Waals surface area contributed by atoms with E-state index >= 15 is 0 Å². The molecule has 0 saturated heterocycles. The number of halogens is 1. The van der Waals surface area contributed by atoms with Crippen LogP contribution in [0.3, 0.4) is 0 Å². The summed E-state index contributed by atoms with van der Waals surface area (Å²) in [5.41, 5.74) is 7.62. The fraction of sp³-hybridized carbons (Fsp3) is 0.231. The Morgan fingerprint density at radius 1 is 1.44 bits per heavy atom. The van der Waals surface area contributed by atoms with Crippen LogP contribution >= 0.6 is 0 Å². The van der Waals surface area contributed by atoms with Crippen molar-refractivity contribution in [2.75, 3.05) is 6.54 Å². The van der Waals surface area contributed by atoms with Gasteiger partial charge < -0.3 is 11.1 Å². The first-order valence-corrected chi connectivity index (χ1v) is 5.79. The summed E-state index contributed by atoms with van der Waals surface area (Å²) in [7, 11) is 0. The van der Waals surface area contributed by atoms with E-state index in [0.717, 1.165) is 17.8 Å². The van der Waals surface area contributed by atoms with Gasteiger partial charge in [0, 0.05) is 36.2 Å². The number of hydrogen-bond acceptors (Lipinski definition) is 3. The van der Waals surface area contributed by atoms with Gasteiger partial charge in [0.1, 0.15) is 11.3 Å². The van der Waals surface area contributed by atoms with E-state index in [1.807, 2.05) is 0 Å². The van der Waals surface area contributed by atoms with Crippen LogP contribution in [0.5, 0.6) is 0 Å². The minimum Gasteiger partial charge on any atom is -0.366 e. The van der Waals surface area contributed by atoms with E-state index in [0.29, 0.717) is 23.9 Å². The lowest BCUT2D eigenvalue weighted by molar-refractivity contribution is 0.100. The monoisotopic (exact) mass is 245 g/mol. The molecule has 0 saturated carbocycles. The molecule has 18 heavy (non-hydrogen) atoms. The van der Waals surface area contributed by atoms with Crippen LogP contribution in [0.1, 0.15) is 21.6 Å². The molecule has 2 aromatic rings. The zero-order chi connectivity index (χ0) is 12.7. The van der Waals surface area contributed by atoms with E-state index < -0.39 is 11.7 Å². The van der Waals surface area contributed by atoms with Gasteiger partial charge in [-0.1, -0.05) is 12.1 Å². The molecule has 1 aromatic carbocycles. The second kappa shape index (κ2) is 4.03. The summed E-state index contributed by atoms with van der Waals surface area (Å²) in [4.78, 5) is 16.0. The SMILES string of the molecule is NC(=O)c1c2c(nc3c(F)cccc13)CCNC2. The summed E-state index contributed by atoms with van der Waals surface area (Å²) in [6.45, 7) is 1.32. The molecule has 0 fully saturated rings. The van der Waals surface area contributed by atoms with Gasteiger partial charge in [0.2, 0.25) is 5.91 Å². The molecule has 0 radical (unpaired) electrons. The summed E-state index contributed by atoms with van der Waals surface area (Å²) in [5.74, 6) is -0.954. The maximum absolute atomic E-state index is 13.8. The smallest absolute Gasteiger partial charge is 0.249 e. The Kier molecular flexibility index (Phi) is 2.48. The molecule has 1 aliphatic rings. The van der Waals surface area contributed by atoms with Gasteiger partial charge in [-0.2, -0.15) is 0 Å². The largest absolute Gasteiger partial charge is 0.366 e. The van der Waals surface area contributed by atoms with Gasteiger partial charge in [-0.25, -0.2) is 9.37 Å². The van der Waals surface area contributed by atoms with Crippen molar-refractivity contribution in [3.05, 3.63) is 40.8 Å². The highest BCUT2D eigenvalue weighted by atomic mass is 19.1. The zero-order valence-corrected chi connectivity index (χ0v) is 9.66. The Morgan fingerprint density at radius 3 is 3.06 bits per heavy atom. The number of nitrogens with zero attached hydrogens (tertiary/aromatic N) is 1. The number of hydrogen-bond donors (Lipinski definition) is 2. The Labute approximate surface area is 103 Å². The molecule has 5 heteroatoms. The lowest BCUT2D eigenvalue weighted by Gasteiger charge is -2.20. The Balaban J connectivity index is 2.44. The molecule has 0 atom stereocenters. The average Bonchev–Trinajstić information content (AvgIpc) is 2.36. The number of nitrogens with one attached hydrogen (secondary N) is 1. The van der Waals surface area contributed by atoms with Gasteiger partial charge in [0.25, 0.3) is 0 Å². The van der Waals surface area contributed by atoms with Crippen LogP contribution in [0.4, 0.5) is 4.39 Å². The van der Waals surface area contributed by atoms with Gasteiger partial charge in [-0.3, -0.25) is 4.79 Å². The van der Waals surface area contributed by atoms with Crippen LogP contribution in [0.2, 0.25) is 0 Å². The minimum atomic E-state index is -0.534. The summed E-state index contributed by atoms with van der Waals surface area (Å²) in [5, 5.41) is 3.66. The topological polar surface area (TPSA) is 68.0 Å². The first kappa shape index (κ1) is 11.1. The molecule has 4 nitrogen and oxygen atoms in total. The molecular formula is C13H12FN3O. The predicted molar refractivity (Wildman–Crippen MR) is 65.6 cm³/mol. The molecule has 0 unspecified atom stereocenters. The van der Waals surface area contributed by atoms with Crippen molar-refractivity contribution in [1.29, 1.82) is 0 Å². The van der Waals surface area contributed by atoms with E-state index in [4.69, 9.17) is 5.73 Å². The maximum atomic E-state index is 13.8. The van der Waals surface area contributed by atoms with Crippen LogP contribution in [0, 0.1) is 5.82 Å². The molecule has 1 aliphatic heterocycles. The standard InChI is InChI=1S/C13H12FN3O/c14-9-3-1-2-7-11(13(15)18)8-6-16-5-4-10(8)17-12(7)9/h1-3,16H,4-6H2,(H2,15,18). The molecule has 0 aliphatic carbocycles. The van der Waals surface area contributed by atoms with E-state index in [9.17, 15) is 9.18 Å². The third-order valence-corrected chi connectivity index (χ3v) is 3.24. The first-order chi connectivity index (χ1) is 8.68. The lowest BCUT2D eigenvalue weighted by Crippen LogP contribution is -2.28. The fourth-order valence-electron chi connectivity index (χ4n) is 2.44. The minimum absolute atomic E-state index is 0.229. The van der Waals surface area contributed by atoms with E-state index in [2.05, 4.69) is 10.3 Å². The summed E-state index contributed by atoms with van der Waals surface area (Å²) >= 11 is 0. The van der Waals surface area contributed by atoms with Crippen molar-refractivity contribution in [1.82, 2.24) is 10.3 Å². The zero-order valence-electron chi connectivity index (χ0n) is 9.66. The third kappa shape index (κ3) is 1.55. The Bertz CT molecular complexity index is 654. The quantitative estimate of drug-likeness (QED) is 0.791. The number of carbonyl (C=O) groups excluding carboxylic acids is 1. The fourth-order valence-corrected chi connectivity index (χ4v) is 2.44. The van der Waals surface area contributed by atoms with Gasteiger partial charge in [0.15, 0.2) is 0 Å². The van der Waals surface area contributed by atoms with Crippen molar-refractivity contribution < 1.29 is 9.18 Å². The van der Waals surface area contributed by atoms with Crippen LogP contribution < -0.4 is 11.1 Å². The summed E-state index contributed by atoms with van der Waals surface area (Å²) < 4.78 is 13.8. The van der Waals surface area contributed by atoms with Crippen molar-refractivity contribution in [3.8, 4) is 0 Å². The average molecular weight is 245 g/mol. The van der Waals surface area contributed by atoms with Gasteiger partial charge in [-0.05, 0) is 6.07 Å². The van der Waals surface area contributed by atoms with Crippen molar-refractivity contribution >= 4 is 16.8 Å². The van der Waals surface area contributed by atoms with Gasteiger partial charge >= 0.3 is 0 Å². The predicted octanol–water partition coefficient (Wildman–Crippen LogP) is 1.12. The molecule has 3 rings (SSSR count). The molecule has 1 amide bonds. The highest BCUT2D eigenvalue weighted by Gasteiger charge is 2.21.